The van der Waals surface area contributed by atoms with Gasteiger partial charge in [-0.3, -0.25) is 14.9 Å². The summed E-state index contributed by atoms with van der Waals surface area (Å²) >= 11 is 1.89. The quantitative estimate of drug-likeness (QED) is 0.264. The Morgan fingerprint density at radius 3 is 2.12 bits per heavy atom. The molecule has 0 amide bonds. The highest BCUT2D eigenvalue weighted by molar-refractivity contribution is 8.04. The molecule has 0 aromatic heterocycles. The summed E-state index contributed by atoms with van der Waals surface area (Å²) in [7, 11) is 0. The van der Waals surface area contributed by atoms with Crippen molar-refractivity contribution in [1.82, 2.24) is 0 Å². The van der Waals surface area contributed by atoms with Gasteiger partial charge in [-0.05, 0) is 44.2 Å². The van der Waals surface area contributed by atoms with E-state index < -0.39 is 32.6 Å². The lowest BCUT2D eigenvalue weighted by atomic mass is 9.83. The van der Waals surface area contributed by atoms with Crippen molar-refractivity contribution in [2.24, 2.45) is 5.41 Å². The van der Waals surface area contributed by atoms with Crippen LogP contribution in [0, 0.1) is 38.2 Å². The number of alkyl halides is 3. The van der Waals surface area contributed by atoms with Crippen LogP contribution in [0.3, 0.4) is 0 Å². The number of carbonyl (C=O) groups is 1. The largest absolute Gasteiger partial charge is 0.416 e. The number of benzene rings is 2. The van der Waals surface area contributed by atoms with Crippen LogP contribution in [0.5, 0.6) is 0 Å². The molecular weight excluding hydrogens is 463 g/mol. The summed E-state index contributed by atoms with van der Waals surface area (Å²) in [4.78, 5) is 24.6. The summed E-state index contributed by atoms with van der Waals surface area (Å²) in [5, 5.41) is 30.2. The molecular formula is C21H16F3N3O3S2. The first kappa shape index (κ1) is 25.2. The zero-order chi connectivity index (χ0) is 24.2. The molecule has 0 fully saturated rings. The SMILES string of the molecule is CC(C#N)(C#N)C(=O)C(C)(CSc1ccc(C(F)(F)F)cc1)Sc1ccccc1[N+](=O)[O-]. The maximum absolute atomic E-state index is 13.2. The van der Waals surface area contributed by atoms with Gasteiger partial charge in [0, 0.05) is 16.7 Å². The number of halogens is 3. The standard InChI is InChI=1S/C21H16F3N3O3S2/c1-19(11-25,12-26)18(28)20(2,32-17-6-4-3-5-16(17)27(29)30)13-31-15-9-7-14(8-10-15)21(22,23)24/h3-10H,13H2,1-2H3. The van der Waals surface area contributed by atoms with Gasteiger partial charge in [-0.2, -0.15) is 23.7 Å². The summed E-state index contributed by atoms with van der Waals surface area (Å²) in [6.07, 6.45) is -4.49. The molecule has 0 spiro atoms. The highest BCUT2D eigenvalue weighted by Crippen LogP contribution is 2.44. The van der Waals surface area contributed by atoms with Crippen LogP contribution in [-0.4, -0.2) is 21.2 Å². The van der Waals surface area contributed by atoms with Gasteiger partial charge in [0.1, 0.15) is 0 Å². The van der Waals surface area contributed by atoms with Crippen LogP contribution in [0.15, 0.2) is 58.3 Å². The highest BCUT2D eigenvalue weighted by Gasteiger charge is 2.47. The first-order valence-corrected chi connectivity index (χ1v) is 10.8. The Morgan fingerprint density at radius 1 is 1.06 bits per heavy atom. The van der Waals surface area contributed by atoms with Crippen LogP contribution >= 0.6 is 23.5 Å². The molecule has 2 aromatic carbocycles. The third-order valence-corrected chi connectivity index (χ3v) is 7.33. The van der Waals surface area contributed by atoms with Crippen molar-refractivity contribution in [3.05, 3.63) is 64.2 Å². The molecule has 0 heterocycles. The molecule has 0 aliphatic heterocycles. The zero-order valence-electron chi connectivity index (χ0n) is 16.8. The second-order valence-corrected chi connectivity index (χ2v) is 9.64. The van der Waals surface area contributed by atoms with Crippen LogP contribution in [0.1, 0.15) is 19.4 Å². The molecule has 0 aliphatic rings. The fourth-order valence-corrected chi connectivity index (χ4v) is 5.19. The summed E-state index contributed by atoms with van der Waals surface area (Å²) in [5.74, 6) is -0.801. The molecule has 166 valence electrons. The maximum atomic E-state index is 13.2. The number of nitro benzene ring substituents is 1. The van der Waals surface area contributed by atoms with Gasteiger partial charge < -0.3 is 0 Å². The number of nitrogens with zero attached hydrogens (tertiary/aromatic N) is 3. The average Bonchev–Trinajstić information content (AvgIpc) is 2.76. The van der Waals surface area contributed by atoms with E-state index in [0.29, 0.717) is 4.90 Å². The van der Waals surface area contributed by atoms with Crippen molar-refractivity contribution < 1.29 is 22.9 Å². The summed E-state index contributed by atoms with van der Waals surface area (Å²) in [6.45, 7) is 2.62. The van der Waals surface area contributed by atoms with E-state index in [1.807, 2.05) is 0 Å². The van der Waals surface area contributed by atoms with Crippen LogP contribution in [0.25, 0.3) is 0 Å². The number of hydrogen-bond acceptors (Lipinski definition) is 7. The van der Waals surface area contributed by atoms with E-state index in [4.69, 9.17) is 0 Å². The molecule has 0 bridgehead atoms. The monoisotopic (exact) mass is 479 g/mol. The third kappa shape index (κ3) is 5.61. The summed E-state index contributed by atoms with van der Waals surface area (Å²) < 4.78 is 36.9. The van der Waals surface area contributed by atoms with Gasteiger partial charge in [0.25, 0.3) is 5.69 Å². The minimum atomic E-state index is -4.49. The Morgan fingerprint density at radius 2 is 1.62 bits per heavy atom. The van der Waals surface area contributed by atoms with Crippen molar-refractivity contribution >= 4 is 35.0 Å². The van der Waals surface area contributed by atoms with Crippen LogP contribution in [0.2, 0.25) is 0 Å². The lowest BCUT2D eigenvalue weighted by Crippen LogP contribution is -2.44. The molecule has 0 radical (unpaired) electrons. The number of nitro groups is 1. The normalized spacial score (nSPS) is 13.5. The average molecular weight is 480 g/mol. The number of thioether (sulfide) groups is 2. The number of hydrogen-bond donors (Lipinski definition) is 0. The van der Waals surface area contributed by atoms with E-state index in [9.17, 15) is 38.6 Å². The van der Waals surface area contributed by atoms with Gasteiger partial charge in [-0.15, -0.1) is 23.5 Å². The molecule has 2 rings (SSSR count). The van der Waals surface area contributed by atoms with Crippen LogP contribution < -0.4 is 0 Å². The van der Waals surface area contributed by atoms with E-state index in [1.54, 1.807) is 18.2 Å². The first-order chi connectivity index (χ1) is 14.9. The predicted octanol–water partition coefficient (Wildman–Crippen LogP) is 5.88. The third-order valence-electron chi connectivity index (χ3n) is 4.47. The topological polar surface area (TPSA) is 108 Å². The lowest BCUT2D eigenvalue weighted by Gasteiger charge is -2.30. The molecule has 6 nitrogen and oxygen atoms in total. The molecule has 0 saturated carbocycles. The summed E-state index contributed by atoms with van der Waals surface area (Å²) in [5.41, 5.74) is -3.07. The molecule has 32 heavy (non-hydrogen) atoms. The van der Waals surface area contributed by atoms with E-state index in [2.05, 4.69) is 0 Å². The number of Topliss-reactive ketones (excluding diaryl/α,β-unsaturated/α-hetero) is 1. The molecule has 11 heteroatoms. The highest BCUT2D eigenvalue weighted by atomic mass is 32.2. The fourth-order valence-electron chi connectivity index (χ4n) is 2.69. The Kier molecular flexibility index (Phi) is 7.60. The van der Waals surface area contributed by atoms with Crippen molar-refractivity contribution in [3.63, 3.8) is 0 Å². The van der Waals surface area contributed by atoms with Crippen LogP contribution in [0.4, 0.5) is 18.9 Å². The second kappa shape index (κ2) is 9.63. The van der Waals surface area contributed by atoms with Gasteiger partial charge in [-0.1, -0.05) is 12.1 Å². The minimum absolute atomic E-state index is 0.0487. The Bertz CT molecular complexity index is 1090. The van der Waals surface area contributed by atoms with E-state index in [1.165, 1.54) is 37.3 Å². The van der Waals surface area contributed by atoms with Gasteiger partial charge in [0.2, 0.25) is 0 Å². The second-order valence-electron chi connectivity index (χ2n) is 7.05. The van der Waals surface area contributed by atoms with E-state index in [0.717, 1.165) is 42.6 Å². The summed E-state index contributed by atoms with van der Waals surface area (Å²) in [6, 6.07) is 13.4. The van der Waals surface area contributed by atoms with E-state index in [-0.39, 0.29) is 16.3 Å². The number of rotatable bonds is 8. The lowest BCUT2D eigenvalue weighted by molar-refractivity contribution is -0.387. The number of ketones is 1. The number of carbonyl (C=O) groups excluding carboxylic acids is 1. The fraction of sp³-hybridized carbons (Fsp3) is 0.286. The molecule has 0 aliphatic carbocycles. The maximum Gasteiger partial charge on any atom is 0.416 e. The molecule has 0 N–H and O–H groups in total. The number of para-hydroxylation sites is 1. The number of nitriles is 2. The van der Waals surface area contributed by atoms with E-state index >= 15 is 0 Å². The Labute approximate surface area is 190 Å². The minimum Gasteiger partial charge on any atom is -0.295 e. The van der Waals surface area contributed by atoms with Gasteiger partial charge in [0.05, 0.1) is 32.3 Å². The first-order valence-electron chi connectivity index (χ1n) is 8.96. The zero-order valence-corrected chi connectivity index (χ0v) is 18.5. The molecule has 1 unspecified atom stereocenters. The molecule has 2 aromatic rings. The van der Waals surface area contributed by atoms with Crippen molar-refractivity contribution in [1.29, 1.82) is 10.5 Å². The predicted molar refractivity (Wildman–Crippen MR) is 114 cm³/mol. The smallest absolute Gasteiger partial charge is 0.295 e. The Hall–Kier alpha value is -3.02. The van der Waals surface area contributed by atoms with Gasteiger partial charge in [0.15, 0.2) is 11.2 Å². The Balaban J connectivity index is 2.41. The van der Waals surface area contributed by atoms with Gasteiger partial charge >= 0.3 is 6.18 Å². The molecule has 1 atom stereocenters. The van der Waals surface area contributed by atoms with Crippen molar-refractivity contribution in [2.75, 3.05) is 5.75 Å². The van der Waals surface area contributed by atoms with Crippen molar-refractivity contribution in [2.45, 2.75) is 34.6 Å². The van der Waals surface area contributed by atoms with Gasteiger partial charge in [-0.25, -0.2) is 0 Å². The van der Waals surface area contributed by atoms with Crippen LogP contribution in [-0.2, 0) is 11.0 Å². The van der Waals surface area contributed by atoms with Crippen molar-refractivity contribution in [3.8, 4) is 12.1 Å². The molecule has 0 saturated heterocycles.